The van der Waals surface area contributed by atoms with Crippen molar-refractivity contribution < 1.29 is 9.94 Å². The fraction of sp³-hybridized carbons (Fsp3) is 0.500. The summed E-state index contributed by atoms with van der Waals surface area (Å²) in [6.45, 7) is 5.06. The molecule has 0 aromatic carbocycles. The van der Waals surface area contributed by atoms with Crippen LogP contribution in [-0.4, -0.2) is 22.6 Å². The number of oxime groups is 1. The van der Waals surface area contributed by atoms with E-state index in [-0.39, 0.29) is 5.84 Å². The van der Waals surface area contributed by atoms with E-state index in [9.17, 15) is 0 Å². The zero-order chi connectivity index (χ0) is 12.7. The Kier molecular flexibility index (Phi) is 5.26. The maximum absolute atomic E-state index is 8.47. The third-order valence-corrected chi connectivity index (χ3v) is 2.30. The summed E-state index contributed by atoms with van der Waals surface area (Å²) in [6, 6.07) is 3.42. The average molecular weight is 237 g/mol. The number of amidine groups is 1. The highest BCUT2D eigenvalue weighted by Gasteiger charge is 2.01. The van der Waals surface area contributed by atoms with Gasteiger partial charge in [0.25, 0.3) is 0 Å². The summed E-state index contributed by atoms with van der Waals surface area (Å²) in [5, 5.41) is 11.3. The van der Waals surface area contributed by atoms with E-state index in [2.05, 4.69) is 24.0 Å². The van der Waals surface area contributed by atoms with E-state index in [0.29, 0.717) is 24.0 Å². The summed E-state index contributed by atoms with van der Waals surface area (Å²) in [4.78, 5) is 4.02. The standard InChI is InChI=1S/C12H19N3O2/c1-9(2)4-3-7-17-10-5-6-11(14-8-10)12(13)15-16/h5-6,8-9,16H,3-4,7H2,1-2H3,(H2,13,15). The van der Waals surface area contributed by atoms with Crippen LogP contribution in [0.3, 0.4) is 0 Å². The van der Waals surface area contributed by atoms with Crippen molar-refractivity contribution in [2.24, 2.45) is 16.8 Å². The lowest BCUT2D eigenvalue weighted by Crippen LogP contribution is -2.14. The Morgan fingerprint density at radius 1 is 1.53 bits per heavy atom. The molecule has 1 aromatic rings. The van der Waals surface area contributed by atoms with Gasteiger partial charge in [-0.2, -0.15) is 0 Å². The second-order valence-corrected chi connectivity index (χ2v) is 4.25. The van der Waals surface area contributed by atoms with Crippen LogP contribution in [-0.2, 0) is 0 Å². The number of nitrogens with two attached hydrogens (primary N) is 1. The van der Waals surface area contributed by atoms with Gasteiger partial charge in [-0.25, -0.2) is 4.98 Å². The van der Waals surface area contributed by atoms with Gasteiger partial charge in [-0.1, -0.05) is 19.0 Å². The molecule has 0 amide bonds. The summed E-state index contributed by atoms with van der Waals surface area (Å²) in [5.41, 5.74) is 5.83. The number of hydrogen-bond acceptors (Lipinski definition) is 4. The lowest BCUT2D eigenvalue weighted by atomic mass is 10.1. The van der Waals surface area contributed by atoms with Crippen molar-refractivity contribution in [1.29, 1.82) is 0 Å². The van der Waals surface area contributed by atoms with E-state index < -0.39 is 0 Å². The van der Waals surface area contributed by atoms with Crippen LogP contribution < -0.4 is 10.5 Å². The van der Waals surface area contributed by atoms with Gasteiger partial charge in [0.1, 0.15) is 11.4 Å². The van der Waals surface area contributed by atoms with Crippen LogP contribution in [0.4, 0.5) is 0 Å². The molecular weight excluding hydrogens is 218 g/mol. The summed E-state index contributed by atoms with van der Waals surface area (Å²) in [5.74, 6) is 1.39. The number of rotatable bonds is 6. The molecule has 0 aliphatic heterocycles. The predicted molar refractivity (Wildman–Crippen MR) is 66.3 cm³/mol. The number of ether oxygens (including phenoxy) is 1. The molecule has 0 aliphatic carbocycles. The van der Waals surface area contributed by atoms with Gasteiger partial charge in [0.05, 0.1) is 12.8 Å². The van der Waals surface area contributed by atoms with Gasteiger partial charge in [-0.15, -0.1) is 0 Å². The van der Waals surface area contributed by atoms with Crippen molar-refractivity contribution >= 4 is 5.84 Å². The van der Waals surface area contributed by atoms with Crippen LogP contribution in [0.1, 0.15) is 32.4 Å². The lowest BCUT2D eigenvalue weighted by Gasteiger charge is -2.07. The van der Waals surface area contributed by atoms with Gasteiger partial charge in [0, 0.05) is 0 Å². The molecule has 1 rings (SSSR count). The molecule has 1 aromatic heterocycles. The SMILES string of the molecule is CC(C)CCCOc1ccc(/C(N)=N/O)nc1. The minimum Gasteiger partial charge on any atom is -0.492 e. The Balaban J connectivity index is 2.41. The van der Waals surface area contributed by atoms with Gasteiger partial charge in [0.15, 0.2) is 5.84 Å². The normalized spacial score (nSPS) is 11.8. The van der Waals surface area contributed by atoms with Crippen molar-refractivity contribution in [2.45, 2.75) is 26.7 Å². The molecule has 3 N–H and O–H groups in total. The van der Waals surface area contributed by atoms with Crippen LogP contribution in [0.15, 0.2) is 23.5 Å². The second kappa shape index (κ2) is 6.73. The monoisotopic (exact) mass is 237 g/mol. The molecule has 0 atom stereocenters. The molecule has 0 spiro atoms. The zero-order valence-electron chi connectivity index (χ0n) is 10.3. The Hall–Kier alpha value is -1.78. The van der Waals surface area contributed by atoms with Crippen molar-refractivity contribution in [2.75, 3.05) is 6.61 Å². The molecular formula is C12H19N3O2. The Morgan fingerprint density at radius 2 is 2.29 bits per heavy atom. The summed E-state index contributed by atoms with van der Waals surface area (Å²) >= 11 is 0. The van der Waals surface area contributed by atoms with Gasteiger partial charge < -0.3 is 15.7 Å². The predicted octanol–water partition coefficient (Wildman–Crippen LogP) is 1.99. The van der Waals surface area contributed by atoms with Gasteiger partial charge >= 0.3 is 0 Å². The molecule has 0 saturated carbocycles. The van der Waals surface area contributed by atoms with E-state index in [1.165, 1.54) is 0 Å². The number of nitrogens with zero attached hydrogens (tertiary/aromatic N) is 2. The number of hydrogen-bond donors (Lipinski definition) is 2. The topological polar surface area (TPSA) is 80.7 Å². The van der Waals surface area contributed by atoms with Crippen LogP contribution in [0.5, 0.6) is 5.75 Å². The molecule has 17 heavy (non-hydrogen) atoms. The highest BCUT2D eigenvalue weighted by Crippen LogP contribution is 2.11. The first-order valence-electron chi connectivity index (χ1n) is 5.70. The number of pyridine rings is 1. The minimum atomic E-state index is -0.00337. The second-order valence-electron chi connectivity index (χ2n) is 4.25. The Labute approximate surface area is 101 Å². The van der Waals surface area contributed by atoms with E-state index in [0.717, 1.165) is 12.8 Å². The van der Waals surface area contributed by atoms with Gasteiger partial charge in [-0.3, -0.25) is 0 Å². The molecule has 0 bridgehead atoms. The molecule has 0 unspecified atom stereocenters. The minimum absolute atomic E-state index is 0.00337. The average Bonchev–Trinajstić information content (AvgIpc) is 2.34. The molecule has 0 aliphatic rings. The van der Waals surface area contributed by atoms with Crippen molar-refractivity contribution in [3.8, 4) is 5.75 Å². The molecule has 0 fully saturated rings. The molecule has 94 valence electrons. The van der Waals surface area contributed by atoms with Crippen molar-refractivity contribution in [1.82, 2.24) is 4.98 Å². The third kappa shape index (κ3) is 4.72. The molecule has 0 saturated heterocycles. The first-order valence-corrected chi connectivity index (χ1v) is 5.70. The third-order valence-electron chi connectivity index (χ3n) is 2.30. The lowest BCUT2D eigenvalue weighted by molar-refractivity contribution is 0.296. The van der Waals surface area contributed by atoms with Gasteiger partial charge in [0.2, 0.25) is 0 Å². The maximum atomic E-state index is 8.47. The van der Waals surface area contributed by atoms with Crippen molar-refractivity contribution in [3.63, 3.8) is 0 Å². The Bertz CT molecular complexity index is 361. The highest BCUT2D eigenvalue weighted by atomic mass is 16.5. The Morgan fingerprint density at radius 3 is 2.82 bits per heavy atom. The molecule has 5 nitrogen and oxygen atoms in total. The molecule has 0 radical (unpaired) electrons. The van der Waals surface area contributed by atoms with Gasteiger partial charge in [-0.05, 0) is 30.9 Å². The summed E-state index contributed by atoms with van der Waals surface area (Å²) in [6.07, 6.45) is 3.75. The smallest absolute Gasteiger partial charge is 0.188 e. The first-order chi connectivity index (χ1) is 8.13. The molecule has 1 heterocycles. The fourth-order valence-electron chi connectivity index (χ4n) is 1.35. The quantitative estimate of drug-likeness (QED) is 0.261. The summed E-state index contributed by atoms with van der Waals surface area (Å²) in [7, 11) is 0. The molecule has 5 heteroatoms. The van der Waals surface area contributed by atoms with E-state index in [1.807, 2.05) is 0 Å². The zero-order valence-corrected chi connectivity index (χ0v) is 10.3. The van der Waals surface area contributed by atoms with E-state index in [4.69, 9.17) is 15.7 Å². The highest BCUT2D eigenvalue weighted by molar-refractivity contribution is 5.95. The van der Waals surface area contributed by atoms with E-state index >= 15 is 0 Å². The van der Waals surface area contributed by atoms with Crippen LogP contribution in [0.25, 0.3) is 0 Å². The largest absolute Gasteiger partial charge is 0.492 e. The first kappa shape index (κ1) is 13.3. The van der Waals surface area contributed by atoms with Crippen LogP contribution in [0, 0.1) is 5.92 Å². The number of aromatic nitrogens is 1. The maximum Gasteiger partial charge on any atom is 0.188 e. The fourth-order valence-corrected chi connectivity index (χ4v) is 1.35. The van der Waals surface area contributed by atoms with E-state index in [1.54, 1.807) is 18.3 Å². The van der Waals surface area contributed by atoms with Crippen LogP contribution in [0.2, 0.25) is 0 Å². The van der Waals surface area contributed by atoms with Crippen molar-refractivity contribution in [3.05, 3.63) is 24.0 Å². The van der Waals surface area contributed by atoms with Crippen LogP contribution >= 0.6 is 0 Å². The summed E-state index contributed by atoms with van der Waals surface area (Å²) < 4.78 is 5.52.